The Bertz CT molecular complexity index is 2610. The van der Waals surface area contributed by atoms with Crippen LogP contribution in [0.4, 0.5) is 13.2 Å². The molecule has 0 fully saturated rings. The topological polar surface area (TPSA) is 9.86 Å². The number of hydrogen-bond donors (Lipinski definition) is 0. The molecular weight excluding hydrogens is 650 g/mol. The first-order valence-electron chi connectivity index (χ1n) is 17.7. The highest BCUT2D eigenvalue weighted by molar-refractivity contribution is 6.10. The van der Waals surface area contributed by atoms with E-state index in [4.69, 9.17) is 0 Å². The summed E-state index contributed by atoms with van der Waals surface area (Å²) in [6.45, 7) is 1.94. The first kappa shape index (κ1) is 31.9. The molecule has 0 aliphatic carbocycles. The van der Waals surface area contributed by atoms with Gasteiger partial charge in [0, 0.05) is 44.0 Å². The Morgan fingerprint density at radius 2 is 0.673 bits per heavy atom. The van der Waals surface area contributed by atoms with Crippen molar-refractivity contribution in [3.8, 4) is 11.4 Å². The number of halogens is 3. The minimum atomic E-state index is -3.27. The molecule has 0 aliphatic heterocycles. The summed E-state index contributed by atoms with van der Waals surface area (Å²) in [5.41, 5.74) is 4.64. The number of fused-ring (bicyclic) bond motifs is 6. The number of rotatable bonds is 8. The minimum Gasteiger partial charge on any atom is -0.309 e. The number of benzene rings is 7. The Labute approximate surface area is 300 Å². The molecule has 7 aromatic carbocycles. The highest BCUT2D eigenvalue weighted by Crippen LogP contribution is 2.42. The minimum absolute atomic E-state index is 0.120. The Hall–Kier alpha value is -6.07. The molecule has 1 atom stereocenters. The molecule has 5 heteroatoms. The molecule has 2 aromatic heterocycles. The van der Waals surface area contributed by atoms with Crippen LogP contribution in [-0.4, -0.2) is 9.13 Å². The lowest BCUT2D eigenvalue weighted by Crippen LogP contribution is -2.22. The monoisotopic (exact) mass is 684 g/mol. The summed E-state index contributed by atoms with van der Waals surface area (Å²) in [5, 5.41) is 4.53. The summed E-state index contributed by atoms with van der Waals surface area (Å²) in [5.74, 6) is -3.27. The van der Waals surface area contributed by atoms with Gasteiger partial charge < -0.3 is 9.13 Å². The number of aromatic nitrogens is 2. The Kier molecular flexibility index (Phi) is 7.55. The van der Waals surface area contributed by atoms with E-state index in [1.54, 1.807) is 12.1 Å². The Morgan fingerprint density at radius 3 is 1.02 bits per heavy atom. The van der Waals surface area contributed by atoms with Gasteiger partial charge in [0.25, 0.3) is 5.92 Å². The van der Waals surface area contributed by atoms with Crippen LogP contribution in [0.5, 0.6) is 0 Å². The lowest BCUT2D eigenvalue weighted by atomic mass is 9.83. The molecule has 2 nitrogen and oxygen atoms in total. The smallest absolute Gasteiger partial charge is 0.298 e. The van der Waals surface area contributed by atoms with Crippen LogP contribution in [0.25, 0.3) is 55.0 Å². The molecule has 0 spiro atoms. The number of nitrogens with zero attached hydrogens (tertiary/aromatic N) is 2. The van der Waals surface area contributed by atoms with Crippen LogP contribution < -0.4 is 0 Å². The van der Waals surface area contributed by atoms with Gasteiger partial charge in [-0.1, -0.05) is 135 Å². The number of para-hydroxylation sites is 4. The third-order valence-corrected chi connectivity index (χ3v) is 10.5. The molecule has 254 valence electrons. The standard InChI is InChI=1S/C47H35F3N2/c1-2-31-46(48,33-23-27-36(28-24-33)51-42-15-7-3-11-38(42)39-12-4-8-16-43(39)51)32-19-21-34(22-20-32)47(49,50)35-25-29-37(30-26-35)52-44-17-9-5-13-40(44)41-14-6-10-18-45(41)52/h3-30H,2,31H2,1H3. The van der Waals surface area contributed by atoms with Gasteiger partial charge >= 0.3 is 0 Å². The first-order chi connectivity index (χ1) is 25.4. The van der Waals surface area contributed by atoms with E-state index in [1.165, 1.54) is 36.4 Å². The van der Waals surface area contributed by atoms with Crippen molar-refractivity contribution >= 4 is 43.6 Å². The zero-order chi connectivity index (χ0) is 35.5. The van der Waals surface area contributed by atoms with E-state index in [2.05, 4.69) is 45.5 Å². The van der Waals surface area contributed by atoms with Gasteiger partial charge in [0.2, 0.25) is 0 Å². The lowest BCUT2D eigenvalue weighted by Gasteiger charge is -2.27. The predicted octanol–water partition coefficient (Wildman–Crippen LogP) is 13.0. The fourth-order valence-corrected chi connectivity index (χ4v) is 8.01. The normalized spacial score (nSPS) is 13.3. The second-order valence-electron chi connectivity index (χ2n) is 13.5. The second-order valence-corrected chi connectivity index (χ2v) is 13.5. The van der Waals surface area contributed by atoms with Gasteiger partial charge in [-0.2, -0.15) is 8.78 Å². The van der Waals surface area contributed by atoms with Crippen molar-refractivity contribution < 1.29 is 13.2 Å². The van der Waals surface area contributed by atoms with Crippen molar-refractivity contribution in [3.05, 3.63) is 192 Å². The summed E-state index contributed by atoms with van der Waals surface area (Å²) in [4.78, 5) is 0. The van der Waals surface area contributed by atoms with Crippen LogP contribution in [0.2, 0.25) is 0 Å². The van der Waals surface area contributed by atoms with E-state index in [0.29, 0.717) is 17.5 Å². The maximum Gasteiger partial charge on any atom is 0.298 e. The van der Waals surface area contributed by atoms with Crippen LogP contribution >= 0.6 is 0 Å². The molecule has 0 aliphatic rings. The maximum absolute atomic E-state index is 17.2. The van der Waals surface area contributed by atoms with E-state index in [9.17, 15) is 0 Å². The van der Waals surface area contributed by atoms with Gasteiger partial charge in [-0.25, -0.2) is 4.39 Å². The molecule has 0 bridgehead atoms. The van der Waals surface area contributed by atoms with E-state index in [0.717, 1.165) is 55.0 Å². The second kappa shape index (κ2) is 12.3. The van der Waals surface area contributed by atoms with E-state index in [-0.39, 0.29) is 17.5 Å². The van der Waals surface area contributed by atoms with Gasteiger partial charge in [-0.15, -0.1) is 0 Å². The molecule has 9 aromatic rings. The Balaban J connectivity index is 1.02. The van der Waals surface area contributed by atoms with Crippen LogP contribution in [-0.2, 0) is 11.6 Å². The first-order valence-corrected chi connectivity index (χ1v) is 17.7. The summed E-state index contributed by atoms with van der Waals surface area (Å²) in [7, 11) is 0. The van der Waals surface area contributed by atoms with Crippen molar-refractivity contribution in [1.82, 2.24) is 9.13 Å². The van der Waals surface area contributed by atoms with Crippen LogP contribution in [0.3, 0.4) is 0 Å². The fraction of sp³-hybridized carbons (Fsp3) is 0.106. The summed E-state index contributed by atoms with van der Waals surface area (Å²) >= 11 is 0. The molecular formula is C47H35F3N2. The predicted molar refractivity (Wildman–Crippen MR) is 208 cm³/mol. The molecule has 1 unspecified atom stereocenters. The highest BCUT2D eigenvalue weighted by Gasteiger charge is 2.37. The van der Waals surface area contributed by atoms with E-state index >= 15 is 13.2 Å². The van der Waals surface area contributed by atoms with Crippen molar-refractivity contribution in [2.75, 3.05) is 0 Å². The van der Waals surface area contributed by atoms with E-state index in [1.807, 2.05) is 91.9 Å². The third kappa shape index (κ3) is 4.95. The zero-order valence-electron chi connectivity index (χ0n) is 28.6. The zero-order valence-corrected chi connectivity index (χ0v) is 28.6. The van der Waals surface area contributed by atoms with Crippen molar-refractivity contribution in [1.29, 1.82) is 0 Å². The number of alkyl halides is 3. The molecule has 2 heterocycles. The highest BCUT2D eigenvalue weighted by atomic mass is 19.3. The molecule has 0 amide bonds. The molecule has 0 saturated carbocycles. The summed E-state index contributed by atoms with van der Waals surface area (Å²) in [6, 6.07) is 52.6. The van der Waals surface area contributed by atoms with Gasteiger partial charge in [0.15, 0.2) is 5.67 Å². The largest absolute Gasteiger partial charge is 0.309 e. The van der Waals surface area contributed by atoms with Crippen LogP contribution in [0.15, 0.2) is 170 Å². The van der Waals surface area contributed by atoms with E-state index < -0.39 is 11.6 Å². The van der Waals surface area contributed by atoms with Crippen molar-refractivity contribution in [2.24, 2.45) is 0 Å². The van der Waals surface area contributed by atoms with Crippen molar-refractivity contribution in [3.63, 3.8) is 0 Å². The van der Waals surface area contributed by atoms with Crippen molar-refractivity contribution in [2.45, 2.75) is 31.4 Å². The van der Waals surface area contributed by atoms with Gasteiger partial charge in [-0.3, -0.25) is 0 Å². The lowest BCUT2D eigenvalue weighted by molar-refractivity contribution is 0.0427. The molecule has 0 N–H and O–H groups in total. The fourth-order valence-electron chi connectivity index (χ4n) is 8.01. The summed E-state index contributed by atoms with van der Waals surface area (Å²) in [6.07, 6.45) is 0.809. The van der Waals surface area contributed by atoms with Crippen LogP contribution in [0, 0.1) is 0 Å². The SMILES string of the molecule is CCCC(F)(c1ccc(-n2c3ccccc3c3ccccc32)cc1)c1ccc(C(F)(F)c2ccc(-n3c4ccccc4c4ccccc43)cc2)cc1. The number of hydrogen-bond acceptors (Lipinski definition) is 0. The molecule has 9 rings (SSSR count). The third-order valence-electron chi connectivity index (χ3n) is 10.5. The Morgan fingerprint density at radius 1 is 0.385 bits per heavy atom. The van der Waals surface area contributed by atoms with Gasteiger partial charge in [0.1, 0.15) is 0 Å². The maximum atomic E-state index is 17.2. The van der Waals surface area contributed by atoms with Gasteiger partial charge in [-0.05, 0) is 66.1 Å². The molecule has 0 radical (unpaired) electrons. The average Bonchev–Trinajstić information content (AvgIpc) is 3.71. The van der Waals surface area contributed by atoms with Crippen LogP contribution in [0.1, 0.15) is 42.0 Å². The molecule has 52 heavy (non-hydrogen) atoms. The quantitative estimate of drug-likeness (QED) is 0.151. The van der Waals surface area contributed by atoms with Gasteiger partial charge in [0.05, 0.1) is 22.1 Å². The molecule has 0 saturated heterocycles. The summed E-state index contributed by atoms with van der Waals surface area (Å²) < 4.78 is 53.6. The average molecular weight is 685 g/mol.